The number of nitrogens with zero attached hydrogens (tertiary/aromatic N) is 3. The van der Waals surface area contributed by atoms with Gasteiger partial charge in [-0.15, -0.1) is 0 Å². The van der Waals surface area contributed by atoms with Crippen LogP contribution in [0, 0.1) is 6.92 Å². The van der Waals surface area contributed by atoms with Crippen LogP contribution >= 0.6 is 0 Å². The van der Waals surface area contributed by atoms with Crippen molar-refractivity contribution in [2.45, 2.75) is 45.6 Å². The van der Waals surface area contributed by atoms with Gasteiger partial charge in [0.1, 0.15) is 11.4 Å². The number of aromatic nitrogens is 2. The van der Waals surface area contributed by atoms with Gasteiger partial charge in [-0.1, -0.05) is 13.3 Å². The van der Waals surface area contributed by atoms with Crippen molar-refractivity contribution in [3.63, 3.8) is 0 Å². The molecule has 6 heteroatoms. The van der Waals surface area contributed by atoms with Gasteiger partial charge in [-0.3, -0.25) is 9.48 Å². The molecule has 2 rings (SSSR count). The Morgan fingerprint density at radius 2 is 2.33 bits per heavy atom. The van der Waals surface area contributed by atoms with E-state index in [1.165, 1.54) is 12.8 Å². The molecular formula is C15H27N5O. The molecule has 3 N–H and O–H groups in total. The maximum absolute atomic E-state index is 11.8. The lowest BCUT2D eigenvalue weighted by Gasteiger charge is -2.28. The van der Waals surface area contributed by atoms with Crippen LogP contribution in [0.3, 0.4) is 0 Å². The topological polar surface area (TPSA) is 76.2 Å². The maximum Gasteiger partial charge on any atom is 0.254 e. The fourth-order valence-electron chi connectivity index (χ4n) is 3.11. The van der Waals surface area contributed by atoms with Crippen molar-refractivity contribution in [1.82, 2.24) is 15.1 Å². The molecule has 0 aromatic carbocycles. The van der Waals surface area contributed by atoms with Crippen LogP contribution in [0.15, 0.2) is 0 Å². The zero-order valence-electron chi connectivity index (χ0n) is 13.4. The second-order valence-corrected chi connectivity index (χ2v) is 5.86. The van der Waals surface area contributed by atoms with Crippen LogP contribution in [0.5, 0.6) is 0 Å². The monoisotopic (exact) mass is 293 g/mol. The molecule has 1 aromatic rings. The summed E-state index contributed by atoms with van der Waals surface area (Å²) in [6, 6.07) is 0.484. The minimum atomic E-state index is -0.392. The van der Waals surface area contributed by atoms with Gasteiger partial charge in [-0.2, -0.15) is 5.10 Å². The van der Waals surface area contributed by atoms with Crippen molar-refractivity contribution in [2.24, 2.45) is 12.8 Å². The Morgan fingerprint density at radius 1 is 1.57 bits per heavy atom. The first-order valence-corrected chi connectivity index (χ1v) is 7.86. The van der Waals surface area contributed by atoms with Crippen LogP contribution in [0.4, 0.5) is 5.82 Å². The summed E-state index contributed by atoms with van der Waals surface area (Å²) in [6.07, 6.45) is 4.62. The SMILES string of the molecule is CCCCN(CC1CCCN1)c1c(C(N)=O)c(C)nn1C. The Hall–Kier alpha value is -1.56. The summed E-state index contributed by atoms with van der Waals surface area (Å²) in [6.45, 7) is 6.93. The summed E-state index contributed by atoms with van der Waals surface area (Å²) < 4.78 is 1.79. The second kappa shape index (κ2) is 6.93. The van der Waals surface area contributed by atoms with Gasteiger partial charge in [0.05, 0.1) is 5.69 Å². The molecule has 6 nitrogen and oxygen atoms in total. The highest BCUT2D eigenvalue weighted by molar-refractivity contribution is 5.99. The summed E-state index contributed by atoms with van der Waals surface area (Å²) in [5, 5.41) is 7.91. The number of hydrogen-bond donors (Lipinski definition) is 2. The van der Waals surface area contributed by atoms with E-state index in [2.05, 4.69) is 22.2 Å². The van der Waals surface area contributed by atoms with Gasteiger partial charge in [0.2, 0.25) is 0 Å². The van der Waals surface area contributed by atoms with E-state index in [0.717, 1.165) is 38.3 Å². The zero-order valence-corrected chi connectivity index (χ0v) is 13.4. The Balaban J connectivity index is 2.28. The second-order valence-electron chi connectivity index (χ2n) is 5.86. The number of nitrogens with two attached hydrogens (primary N) is 1. The van der Waals surface area contributed by atoms with E-state index in [1.54, 1.807) is 4.68 Å². The van der Waals surface area contributed by atoms with E-state index in [1.807, 2.05) is 14.0 Å². The van der Waals surface area contributed by atoms with Crippen molar-refractivity contribution in [3.8, 4) is 0 Å². The predicted molar refractivity (Wildman–Crippen MR) is 84.6 cm³/mol. The molecule has 1 aliphatic heterocycles. The lowest BCUT2D eigenvalue weighted by molar-refractivity contribution is 0.1000. The van der Waals surface area contributed by atoms with Crippen LogP contribution in [0.2, 0.25) is 0 Å². The number of carbonyl (C=O) groups is 1. The maximum atomic E-state index is 11.8. The van der Waals surface area contributed by atoms with Gasteiger partial charge < -0.3 is 16.0 Å². The summed E-state index contributed by atoms with van der Waals surface area (Å²) in [4.78, 5) is 14.1. The van der Waals surface area contributed by atoms with Crippen LogP contribution in [0.1, 0.15) is 48.7 Å². The summed E-state index contributed by atoms with van der Waals surface area (Å²) in [5.74, 6) is 0.471. The molecule has 118 valence electrons. The first-order chi connectivity index (χ1) is 10.0. The molecule has 1 atom stereocenters. The van der Waals surface area contributed by atoms with E-state index in [0.29, 0.717) is 17.3 Å². The number of unbranched alkanes of at least 4 members (excludes halogenated alkanes) is 1. The average Bonchev–Trinajstić information content (AvgIpc) is 3.02. The summed E-state index contributed by atoms with van der Waals surface area (Å²) in [5.41, 5.74) is 6.84. The first-order valence-electron chi connectivity index (χ1n) is 7.86. The number of primary amides is 1. The number of aryl methyl sites for hydroxylation is 2. The summed E-state index contributed by atoms with van der Waals surface area (Å²) >= 11 is 0. The minimum Gasteiger partial charge on any atom is -0.365 e. The molecule has 0 spiro atoms. The molecule has 1 aliphatic rings. The highest BCUT2D eigenvalue weighted by Gasteiger charge is 2.25. The molecule has 0 aliphatic carbocycles. The fourth-order valence-corrected chi connectivity index (χ4v) is 3.11. The van der Waals surface area contributed by atoms with E-state index >= 15 is 0 Å². The lowest BCUT2D eigenvalue weighted by atomic mass is 10.1. The third kappa shape index (κ3) is 3.56. The van der Waals surface area contributed by atoms with Gasteiger partial charge in [0, 0.05) is 26.2 Å². The first kappa shape index (κ1) is 15.8. The molecule has 0 radical (unpaired) electrons. The predicted octanol–water partition coefficient (Wildman–Crippen LogP) is 1.19. The van der Waals surface area contributed by atoms with Crippen molar-refractivity contribution in [1.29, 1.82) is 0 Å². The standard InChI is InChI=1S/C15H27N5O/c1-4-5-9-20(10-12-7-6-8-17-12)15-13(14(16)21)11(2)18-19(15)3/h12,17H,4-10H2,1-3H3,(H2,16,21). The molecule has 21 heavy (non-hydrogen) atoms. The quantitative estimate of drug-likeness (QED) is 0.791. The minimum absolute atomic E-state index is 0.392. The number of nitrogens with one attached hydrogen (secondary N) is 1. The van der Waals surface area contributed by atoms with E-state index in [-0.39, 0.29) is 0 Å². The number of anilines is 1. The molecule has 0 saturated carbocycles. The Morgan fingerprint density at radius 3 is 2.90 bits per heavy atom. The van der Waals surface area contributed by atoms with Crippen LogP contribution in [0.25, 0.3) is 0 Å². The molecule has 0 bridgehead atoms. The normalized spacial score (nSPS) is 18.1. The molecule has 1 aromatic heterocycles. The van der Waals surface area contributed by atoms with Gasteiger partial charge >= 0.3 is 0 Å². The third-order valence-electron chi connectivity index (χ3n) is 4.12. The molecule has 1 fully saturated rings. The molecule has 1 unspecified atom stereocenters. The average molecular weight is 293 g/mol. The van der Waals surface area contributed by atoms with Gasteiger partial charge in [0.15, 0.2) is 0 Å². The van der Waals surface area contributed by atoms with E-state index in [9.17, 15) is 4.79 Å². The smallest absolute Gasteiger partial charge is 0.254 e. The number of hydrogen-bond acceptors (Lipinski definition) is 4. The van der Waals surface area contributed by atoms with Crippen molar-refractivity contribution in [3.05, 3.63) is 11.3 Å². The van der Waals surface area contributed by atoms with Crippen LogP contribution < -0.4 is 16.0 Å². The lowest BCUT2D eigenvalue weighted by Crippen LogP contribution is -2.40. The van der Waals surface area contributed by atoms with E-state index in [4.69, 9.17) is 5.73 Å². The molecule has 2 heterocycles. The highest BCUT2D eigenvalue weighted by atomic mass is 16.1. The van der Waals surface area contributed by atoms with Crippen molar-refractivity contribution >= 4 is 11.7 Å². The number of carbonyl (C=O) groups excluding carboxylic acids is 1. The third-order valence-corrected chi connectivity index (χ3v) is 4.12. The van der Waals surface area contributed by atoms with Gasteiger partial charge in [-0.25, -0.2) is 0 Å². The van der Waals surface area contributed by atoms with Crippen LogP contribution in [-0.2, 0) is 7.05 Å². The number of rotatable bonds is 7. The molecular weight excluding hydrogens is 266 g/mol. The Kier molecular flexibility index (Phi) is 5.22. The van der Waals surface area contributed by atoms with Crippen molar-refractivity contribution < 1.29 is 4.79 Å². The van der Waals surface area contributed by atoms with Gasteiger partial charge in [0.25, 0.3) is 5.91 Å². The van der Waals surface area contributed by atoms with Gasteiger partial charge in [-0.05, 0) is 32.7 Å². The van der Waals surface area contributed by atoms with E-state index < -0.39 is 5.91 Å². The summed E-state index contributed by atoms with van der Waals surface area (Å²) in [7, 11) is 1.88. The Labute approximate surface area is 126 Å². The van der Waals surface area contributed by atoms with Crippen LogP contribution in [-0.4, -0.2) is 41.4 Å². The molecule has 1 saturated heterocycles. The fraction of sp³-hybridized carbons (Fsp3) is 0.733. The highest BCUT2D eigenvalue weighted by Crippen LogP contribution is 2.24. The largest absolute Gasteiger partial charge is 0.365 e. The van der Waals surface area contributed by atoms with Crippen molar-refractivity contribution in [2.75, 3.05) is 24.5 Å². The zero-order chi connectivity index (χ0) is 15.4. The number of amides is 1. The molecule has 1 amide bonds. The Bertz CT molecular complexity index is 490.